The number of aliphatic hydroxyl groups excluding tert-OH is 2. The van der Waals surface area contributed by atoms with Crippen molar-refractivity contribution in [1.29, 1.82) is 0 Å². The van der Waals surface area contributed by atoms with E-state index in [0.717, 1.165) is 6.42 Å². The average Bonchev–Trinajstić information content (AvgIpc) is 1.84. The summed E-state index contributed by atoms with van der Waals surface area (Å²) in [4.78, 5) is 0. The van der Waals surface area contributed by atoms with E-state index in [9.17, 15) is 0 Å². The second-order valence-corrected chi connectivity index (χ2v) is 2.14. The van der Waals surface area contributed by atoms with Crippen LogP contribution in [0.4, 0.5) is 0 Å². The molecule has 0 saturated carbocycles. The van der Waals surface area contributed by atoms with Crippen molar-refractivity contribution in [2.75, 3.05) is 6.61 Å². The first-order valence-corrected chi connectivity index (χ1v) is 3.01. The van der Waals surface area contributed by atoms with Gasteiger partial charge in [-0.3, -0.25) is 0 Å². The molecule has 8 heavy (non-hydrogen) atoms. The van der Waals surface area contributed by atoms with Crippen molar-refractivity contribution in [3.05, 3.63) is 0 Å². The van der Waals surface area contributed by atoms with Crippen LogP contribution in [0.15, 0.2) is 0 Å². The van der Waals surface area contributed by atoms with Gasteiger partial charge in [-0.25, -0.2) is 0 Å². The van der Waals surface area contributed by atoms with Crippen LogP contribution >= 0.6 is 0 Å². The molecular weight excluding hydrogens is 104 g/mol. The summed E-state index contributed by atoms with van der Waals surface area (Å²) in [5.41, 5.74) is 0. The summed E-state index contributed by atoms with van der Waals surface area (Å²) >= 11 is 0. The Kier molecular flexibility index (Phi) is 3.83. The van der Waals surface area contributed by atoms with Crippen LogP contribution in [0, 0.1) is 5.92 Å². The van der Waals surface area contributed by atoms with E-state index in [1.165, 1.54) is 0 Å². The van der Waals surface area contributed by atoms with Gasteiger partial charge in [-0.05, 0) is 5.92 Å². The summed E-state index contributed by atoms with van der Waals surface area (Å²) in [6, 6.07) is 0. The molecule has 0 aromatic heterocycles. The Morgan fingerprint density at radius 3 is 2.12 bits per heavy atom. The fraction of sp³-hybridized carbons (Fsp3) is 1.00. The summed E-state index contributed by atoms with van der Waals surface area (Å²) in [6.45, 7) is 3.79. The van der Waals surface area contributed by atoms with Crippen molar-refractivity contribution in [2.45, 2.75) is 26.4 Å². The lowest BCUT2D eigenvalue weighted by Crippen LogP contribution is -2.20. The number of hydrogen-bond donors (Lipinski definition) is 2. The predicted molar refractivity (Wildman–Crippen MR) is 32.5 cm³/mol. The third kappa shape index (κ3) is 2.28. The van der Waals surface area contributed by atoms with E-state index in [4.69, 9.17) is 10.2 Å². The molecule has 2 atom stereocenters. The van der Waals surface area contributed by atoms with Crippen molar-refractivity contribution < 1.29 is 10.2 Å². The zero-order valence-corrected chi connectivity index (χ0v) is 5.46. The molecule has 0 aliphatic heterocycles. The second kappa shape index (κ2) is 3.87. The Bertz CT molecular complexity index is 46.5. The van der Waals surface area contributed by atoms with Crippen LogP contribution in [-0.2, 0) is 0 Å². The third-order valence-electron chi connectivity index (χ3n) is 1.49. The lowest BCUT2D eigenvalue weighted by Gasteiger charge is -2.12. The highest BCUT2D eigenvalue weighted by atomic mass is 16.3. The highest BCUT2D eigenvalue weighted by Gasteiger charge is 2.08. The molecule has 0 radical (unpaired) electrons. The molecule has 1 unspecified atom stereocenters. The van der Waals surface area contributed by atoms with Gasteiger partial charge in [0, 0.05) is 0 Å². The normalized spacial score (nSPS) is 18.0. The van der Waals surface area contributed by atoms with E-state index in [1.54, 1.807) is 0 Å². The standard InChI is InChI=1S/C6H14O2/c1-3-5(2)6(8)4-7/h5-8H,3-4H2,1-2H3/t5?,6-/m1/s1. The van der Waals surface area contributed by atoms with Crippen molar-refractivity contribution in [3.8, 4) is 0 Å². The molecular formula is C6H14O2. The smallest absolute Gasteiger partial charge is 0.0796 e. The molecule has 50 valence electrons. The van der Waals surface area contributed by atoms with Gasteiger partial charge < -0.3 is 10.2 Å². The highest BCUT2D eigenvalue weighted by Crippen LogP contribution is 2.05. The highest BCUT2D eigenvalue weighted by molar-refractivity contribution is 4.59. The molecule has 0 aromatic carbocycles. The van der Waals surface area contributed by atoms with Crippen LogP contribution in [0.25, 0.3) is 0 Å². The maximum absolute atomic E-state index is 8.88. The molecule has 0 fully saturated rings. The minimum atomic E-state index is -0.528. The quantitative estimate of drug-likeness (QED) is 0.562. The second-order valence-electron chi connectivity index (χ2n) is 2.14. The molecule has 0 bridgehead atoms. The summed E-state index contributed by atoms with van der Waals surface area (Å²) in [5.74, 6) is 0.222. The number of hydrogen-bond acceptors (Lipinski definition) is 2. The first kappa shape index (κ1) is 7.92. The molecule has 0 rings (SSSR count). The van der Waals surface area contributed by atoms with Gasteiger partial charge in [0.1, 0.15) is 0 Å². The Hall–Kier alpha value is -0.0800. The lowest BCUT2D eigenvalue weighted by molar-refractivity contribution is 0.0521. The van der Waals surface area contributed by atoms with Gasteiger partial charge in [-0.15, -0.1) is 0 Å². The van der Waals surface area contributed by atoms with Crippen LogP contribution in [0.3, 0.4) is 0 Å². The molecule has 0 aliphatic rings. The van der Waals surface area contributed by atoms with E-state index >= 15 is 0 Å². The summed E-state index contributed by atoms with van der Waals surface area (Å²) < 4.78 is 0. The Balaban J connectivity index is 3.29. The SMILES string of the molecule is CCC(C)[C@H](O)CO. The predicted octanol–water partition coefficient (Wildman–Crippen LogP) is 0.386. The topological polar surface area (TPSA) is 40.5 Å². The van der Waals surface area contributed by atoms with E-state index in [1.807, 2.05) is 13.8 Å². The van der Waals surface area contributed by atoms with Gasteiger partial charge in [-0.2, -0.15) is 0 Å². The van der Waals surface area contributed by atoms with Crippen molar-refractivity contribution in [1.82, 2.24) is 0 Å². The van der Waals surface area contributed by atoms with E-state index in [-0.39, 0.29) is 12.5 Å². The molecule has 0 amide bonds. The first-order valence-electron chi connectivity index (χ1n) is 3.01. The zero-order valence-electron chi connectivity index (χ0n) is 5.46. The molecule has 2 nitrogen and oxygen atoms in total. The maximum Gasteiger partial charge on any atom is 0.0796 e. The van der Waals surface area contributed by atoms with E-state index in [0.29, 0.717) is 0 Å². The monoisotopic (exact) mass is 118 g/mol. The van der Waals surface area contributed by atoms with Crippen molar-refractivity contribution in [2.24, 2.45) is 5.92 Å². The number of aliphatic hydroxyl groups is 2. The minimum Gasteiger partial charge on any atom is -0.394 e. The Morgan fingerprint density at radius 1 is 1.50 bits per heavy atom. The summed E-state index contributed by atoms with van der Waals surface area (Å²) in [5, 5.41) is 17.3. The third-order valence-corrected chi connectivity index (χ3v) is 1.49. The molecule has 2 N–H and O–H groups in total. The van der Waals surface area contributed by atoms with Crippen LogP contribution in [-0.4, -0.2) is 22.9 Å². The van der Waals surface area contributed by atoms with E-state index in [2.05, 4.69) is 0 Å². The Labute approximate surface area is 50.2 Å². The molecule has 0 saturated heterocycles. The van der Waals surface area contributed by atoms with Gasteiger partial charge in [0.15, 0.2) is 0 Å². The molecule has 0 aromatic rings. The van der Waals surface area contributed by atoms with Crippen LogP contribution in [0.5, 0.6) is 0 Å². The fourth-order valence-corrected chi connectivity index (χ4v) is 0.452. The van der Waals surface area contributed by atoms with Crippen LogP contribution in [0.1, 0.15) is 20.3 Å². The largest absolute Gasteiger partial charge is 0.394 e. The van der Waals surface area contributed by atoms with E-state index < -0.39 is 6.10 Å². The zero-order chi connectivity index (χ0) is 6.57. The van der Waals surface area contributed by atoms with Gasteiger partial charge >= 0.3 is 0 Å². The van der Waals surface area contributed by atoms with Crippen molar-refractivity contribution in [3.63, 3.8) is 0 Å². The molecule has 0 aliphatic carbocycles. The van der Waals surface area contributed by atoms with Gasteiger partial charge in [0.25, 0.3) is 0 Å². The average molecular weight is 118 g/mol. The summed E-state index contributed by atoms with van der Waals surface area (Å²) in [7, 11) is 0. The molecule has 2 heteroatoms. The van der Waals surface area contributed by atoms with Gasteiger partial charge in [0.2, 0.25) is 0 Å². The minimum absolute atomic E-state index is 0.116. The van der Waals surface area contributed by atoms with Crippen molar-refractivity contribution >= 4 is 0 Å². The number of rotatable bonds is 3. The Morgan fingerprint density at radius 2 is 2.00 bits per heavy atom. The summed E-state index contributed by atoms with van der Waals surface area (Å²) in [6.07, 6.45) is 0.391. The maximum atomic E-state index is 8.88. The molecule has 0 spiro atoms. The molecule has 0 heterocycles. The van der Waals surface area contributed by atoms with Crippen LogP contribution in [0.2, 0.25) is 0 Å². The lowest BCUT2D eigenvalue weighted by atomic mass is 10.0. The fourth-order valence-electron chi connectivity index (χ4n) is 0.452. The van der Waals surface area contributed by atoms with Crippen LogP contribution < -0.4 is 0 Å². The van der Waals surface area contributed by atoms with Gasteiger partial charge in [0.05, 0.1) is 12.7 Å². The first-order chi connectivity index (χ1) is 3.72. The van der Waals surface area contributed by atoms with Gasteiger partial charge in [-0.1, -0.05) is 20.3 Å².